The molecule has 0 radical (unpaired) electrons. The lowest BCUT2D eigenvalue weighted by molar-refractivity contribution is -0.122. The number of nitrogens with zero attached hydrogens (tertiary/aromatic N) is 3. The van der Waals surface area contributed by atoms with Crippen molar-refractivity contribution in [1.82, 2.24) is 20.3 Å². The first-order chi connectivity index (χ1) is 12.3. The molecule has 0 unspecified atom stereocenters. The molecule has 0 saturated carbocycles. The van der Waals surface area contributed by atoms with E-state index in [1.165, 1.54) is 18.3 Å². The van der Waals surface area contributed by atoms with Crippen LogP contribution < -0.4 is 15.8 Å². The maximum Gasteiger partial charge on any atom is 0.412 e. The van der Waals surface area contributed by atoms with E-state index in [1.54, 1.807) is 19.1 Å². The van der Waals surface area contributed by atoms with E-state index in [2.05, 4.69) is 20.8 Å². The monoisotopic (exact) mass is 382 g/mol. The molecule has 0 saturated heterocycles. The molecule has 2 aromatic rings. The summed E-state index contributed by atoms with van der Waals surface area (Å²) in [5, 5.41) is 17.8. The molecule has 2 amide bonds. The largest absolute Gasteiger partial charge is 0.450 e. The average molecular weight is 382 g/mol. The zero-order valence-electron chi connectivity index (χ0n) is 13.9. The van der Waals surface area contributed by atoms with Gasteiger partial charge >= 0.3 is 6.09 Å². The summed E-state index contributed by atoms with van der Waals surface area (Å²) in [5.41, 5.74) is 0.698. The normalized spacial score (nSPS) is 11.0. The minimum atomic E-state index is -3.75. The summed E-state index contributed by atoms with van der Waals surface area (Å²) in [4.78, 5) is 24.3. The second-order valence-electron chi connectivity index (χ2n) is 5.07. The Bertz CT molecular complexity index is 877. The molecule has 140 valence electrons. The third kappa shape index (κ3) is 5.82. The second-order valence-corrected chi connectivity index (χ2v) is 6.63. The number of carbonyl (C=O) groups is 2. The molecular formula is C14H18N6O5S. The van der Waals surface area contributed by atoms with Crippen LogP contribution in [0.2, 0.25) is 0 Å². The summed E-state index contributed by atoms with van der Waals surface area (Å²) in [5.74, 6) is -0.200. The Morgan fingerprint density at radius 1 is 1.27 bits per heavy atom. The number of benzene rings is 1. The number of carbonyl (C=O) groups excluding carboxylic acids is 2. The average Bonchev–Trinajstić information content (AvgIpc) is 2.99. The van der Waals surface area contributed by atoms with Crippen LogP contribution in [0.1, 0.15) is 12.5 Å². The topological polar surface area (TPSA) is 158 Å². The van der Waals surface area contributed by atoms with Gasteiger partial charge in [-0.25, -0.2) is 18.4 Å². The SMILES string of the molecule is CCOC(=O)Nc1cnn(CC(=O)NCc2ccc(S(N)(=O)=O)cc2)n1. The van der Waals surface area contributed by atoms with Crippen molar-refractivity contribution in [2.75, 3.05) is 11.9 Å². The number of hydrogen-bond donors (Lipinski definition) is 3. The van der Waals surface area contributed by atoms with Gasteiger partial charge in [0.25, 0.3) is 0 Å². The highest BCUT2D eigenvalue weighted by molar-refractivity contribution is 7.89. The Morgan fingerprint density at radius 3 is 2.58 bits per heavy atom. The maximum atomic E-state index is 11.9. The molecule has 0 aliphatic rings. The van der Waals surface area contributed by atoms with Gasteiger partial charge in [-0.15, -0.1) is 5.10 Å². The standard InChI is InChI=1S/C14H18N6O5S/c1-2-25-14(22)18-12-8-17-20(19-12)9-13(21)16-7-10-3-5-11(6-4-10)26(15,23)24/h3-6,8H,2,7,9H2,1H3,(H,16,21)(H2,15,23,24)(H,18,19,22). The van der Waals surface area contributed by atoms with Crippen LogP contribution in [-0.4, -0.2) is 42.0 Å². The Labute approximate surface area is 149 Å². The van der Waals surface area contributed by atoms with Gasteiger partial charge in [-0.05, 0) is 24.6 Å². The molecule has 0 bridgehead atoms. The molecule has 26 heavy (non-hydrogen) atoms. The van der Waals surface area contributed by atoms with Crippen molar-refractivity contribution in [3.63, 3.8) is 0 Å². The molecular weight excluding hydrogens is 364 g/mol. The maximum absolute atomic E-state index is 11.9. The number of primary sulfonamides is 1. The summed E-state index contributed by atoms with van der Waals surface area (Å²) >= 11 is 0. The Kier molecular flexibility index (Phi) is 6.25. The van der Waals surface area contributed by atoms with E-state index in [0.29, 0.717) is 5.56 Å². The number of nitrogens with one attached hydrogen (secondary N) is 2. The van der Waals surface area contributed by atoms with Crippen molar-refractivity contribution in [2.24, 2.45) is 5.14 Å². The van der Waals surface area contributed by atoms with Gasteiger partial charge in [0.2, 0.25) is 15.9 Å². The van der Waals surface area contributed by atoms with Gasteiger partial charge in [0, 0.05) is 6.54 Å². The first-order valence-corrected chi connectivity index (χ1v) is 9.05. The van der Waals surface area contributed by atoms with Gasteiger partial charge in [0.15, 0.2) is 5.82 Å². The number of amides is 2. The van der Waals surface area contributed by atoms with E-state index >= 15 is 0 Å². The van der Waals surface area contributed by atoms with E-state index in [0.717, 1.165) is 4.80 Å². The van der Waals surface area contributed by atoms with Gasteiger partial charge < -0.3 is 10.1 Å². The van der Waals surface area contributed by atoms with Crippen LogP contribution in [-0.2, 0) is 32.6 Å². The Hall–Kier alpha value is -2.99. The van der Waals surface area contributed by atoms with Gasteiger partial charge in [-0.1, -0.05) is 12.1 Å². The van der Waals surface area contributed by atoms with Gasteiger partial charge in [-0.3, -0.25) is 10.1 Å². The molecule has 2 rings (SSSR count). The highest BCUT2D eigenvalue weighted by Gasteiger charge is 2.10. The quantitative estimate of drug-likeness (QED) is 0.598. The van der Waals surface area contributed by atoms with E-state index in [-0.39, 0.29) is 36.3 Å². The molecule has 12 heteroatoms. The molecule has 0 aliphatic heterocycles. The van der Waals surface area contributed by atoms with Crippen LogP contribution in [0.15, 0.2) is 35.4 Å². The molecule has 4 N–H and O–H groups in total. The third-order valence-electron chi connectivity index (χ3n) is 3.07. The van der Waals surface area contributed by atoms with Crippen molar-refractivity contribution in [3.8, 4) is 0 Å². The molecule has 0 spiro atoms. The number of hydrogen-bond acceptors (Lipinski definition) is 7. The summed E-state index contributed by atoms with van der Waals surface area (Å²) in [6, 6.07) is 5.82. The number of sulfonamides is 1. The van der Waals surface area contributed by atoms with Crippen LogP contribution in [0.3, 0.4) is 0 Å². The molecule has 0 atom stereocenters. The molecule has 1 aromatic carbocycles. The zero-order chi connectivity index (χ0) is 19.2. The minimum absolute atomic E-state index is 0.00468. The number of nitrogens with two attached hydrogens (primary N) is 1. The minimum Gasteiger partial charge on any atom is -0.450 e. The fourth-order valence-corrected chi connectivity index (χ4v) is 2.40. The number of anilines is 1. The Morgan fingerprint density at radius 2 is 1.96 bits per heavy atom. The fourth-order valence-electron chi connectivity index (χ4n) is 1.88. The molecule has 1 aromatic heterocycles. The molecule has 0 aliphatic carbocycles. The molecule has 1 heterocycles. The van der Waals surface area contributed by atoms with Crippen LogP contribution in [0.4, 0.5) is 10.6 Å². The van der Waals surface area contributed by atoms with Crippen LogP contribution in [0, 0.1) is 0 Å². The van der Waals surface area contributed by atoms with Gasteiger partial charge in [-0.2, -0.15) is 9.90 Å². The fraction of sp³-hybridized carbons (Fsp3) is 0.286. The number of rotatable bonds is 7. The molecule has 0 fully saturated rings. The molecule has 11 nitrogen and oxygen atoms in total. The first kappa shape index (κ1) is 19.3. The van der Waals surface area contributed by atoms with E-state index in [4.69, 9.17) is 9.88 Å². The second kappa shape index (κ2) is 8.40. The third-order valence-corrected chi connectivity index (χ3v) is 4.00. The lowest BCUT2D eigenvalue weighted by atomic mass is 10.2. The summed E-state index contributed by atoms with van der Waals surface area (Å²) in [7, 11) is -3.75. The zero-order valence-corrected chi connectivity index (χ0v) is 14.7. The Balaban J connectivity index is 1.83. The van der Waals surface area contributed by atoms with E-state index < -0.39 is 16.1 Å². The van der Waals surface area contributed by atoms with Crippen molar-refractivity contribution in [1.29, 1.82) is 0 Å². The van der Waals surface area contributed by atoms with Crippen molar-refractivity contribution in [2.45, 2.75) is 24.9 Å². The van der Waals surface area contributed by atoms with E-state index in [1.807, 2.05) is 0 Å². The smallest absolute Gasteiger partial charge is 0.412 e. The predicted molar refractivity (Wildman–Crippen MR) is 90.3 cm³/mol. The summed E-state index contributed by atoms with van der Waals surface area (Å²) < 4.78 is 27.1. The highest BCUT2D eigenvalue weighted by atomic mass is 32.2. The van der Waals surface area contributed by atoms with Gasteiger partial charge in [0.05, 0.1) is 17.7 Å². The van der Waals surface area contributed by atoms with Crippen molar-refractivity contribution < 1.29 is 22.7 Å². The summed E-state index contributed by atoms with van der Waals surface area (Å²) in [6.45, 7) is 1.93. The van der Waals surface area contributed by atoms with Crippen LogP contribution >= 0.6 is 0 Å². The predicted octanol–water partition coefficient (Wildman–Crippen LogP) is -0.190. The number of ether oxygens (including phenoxy) is 1. The lowest BCUT2D eigenvalue weighted by Crippen LogP contribution is -2.28. The van der Waals surface area contributed by atoms with Crippen molar-refractivity contribution in [3.05, 3.63) is 36.0 Å². The summed E-state index contributed by atoms with van der Waals surface area (Å²) in [6.07, 6.45) is 0.628. The lowest BCUT2D eigenvalue weighted by Gasteiger charge is -2.06. The van der Waals surface area contributed by atoms with Gasteiger partial charge in [0.1, 0.15) is 6.54 Å². The van der Waals surface area contributed by atoms with Crippen molar-refractivity contribution >= 4 is 27.8 Å². The first-order valence-electron chi connectivity index (χ1n) is 7.50. The number of aromatic nitrogens is 3. The van der Waals surface area contributed by atoms with E-state index in [9.17, 15) is 18.0 Å². The van der Waals surface area contributed by atoms with Crippen LogP contribution in [0.25, 0.3) is 0 Å². The highest BCUT2D eigenvalue weighted by Crippen LogP contribution is 2.08. The van der Waals surface area contributed by atoms with Crippen LogP contribution in [0.5, 0.6) is 0 Å².